The molecule has 58 valence electrons. The molecule has 0 aromatic rings. The predicted octanol–water partition coefficient (Wildman–Crippen LogP) is 1.25. The van der Waals surface area contributed by atoms with Gasteiger partial charge in [-0.15, -0.1) is 0 Å². The van der Waals surface area contributed by atoms with Crippen LogP contribution in [0.5, 0.6) is 0 Å². The molecule has 3 unspecified atom stereocenters. The summed E-state index contributed by atoms with van der Waals surface area (Å²) < 4.78 is 5.59. The van der Waals surface area contributed by atoms with E-state index >= 15 is 0 Å². The van der Waals surface area contributed by atoms with Crippen molar-refractivity contribution < 1.29 is 4.74 Å². The summed E-state index contributed by atoms with van der Waals surface area (Å²) in [5.74, 6) is 0.847. The molecule has 2 heteroatoms. The topological polar surface area (TPSA) is 35.2 Å². The molecule has 10 heavy (non-hydrogen) atoms. The van der Waals surface area contributed by atoms with E-state index in [0.29, 0.717) is 6.10 Å². The number of hydrogen-bond acceptors (Lipinski definition) is 2. The van der Waals surface area contributed by atoms with Crippen LogP contribution in [-0.4, -0.2) is 12.3 Å². The molecule has 2 rings (SSSR count). The third-order valence-electron chi connectivity index (χ3n) is 2.76. The van der Waals surface area contributed by atoms with E-state index < -0.39 is 0 Å². The van der Waals surface area contributed by atoms with Gasteiger partial charge in [0.1, 0.15) is 6.23 Å². The standard InChI is InChI=1S/C8H15NO/c9-8-5-4-6-2-1-3-7(6)10-8/h6-8H,1-5,9H2. The van der Waals surface area contributed by atoms with Crippen LogP contribution in [0.15, 0.2) is 0 Å². The zero-order chi connectivity index (χ0) is 6.97. The molecule has 2 nitrogen and oxygen atoms in total. The van der Waals surface area contributed by atoms with E-state index in [1.807, 2.05) is 0 Å². The summed E-state index contributed by atoms with van der Waals surface area (Å²) in [6, 6.07) is 0. The molecule has 0 aromatic carbocycles. The van der Waals surface area contributed by atoms with Gasteiger partial charge in [-0.3, -0.25) is 0 Å². The molecular weight excluding hydrogens is 126 g/mol. The number of fused-ring (bicyclic) bond motifs is 1. The first-order valence-electron chi connectivity index (χ1n) is 4.27. The molecule has 0 spiro atoms. The number of rotatable bonds is 0. The lowest BCUT2D eigenvalue weighted by Gasteiger charge is -2.30. The first-order chi connectivity index (χ1) is 4.86. The van der Waals surface area contributed by atoms with Crippen molar-refractivity contribution in [3.05, 3.63) is 0 Å². The molecule has 1 heterocycles. The summed E-state index contributed by atoms with van der Waals surface area (Å²) in [5.41, 5.74) is 5.67. The van der Waals surface area contributed by atoms with Gasteiger partial charge in [-0.05, 0) is 31.6 Å². The third-order valence-corrected chi connectivity index (χ3v) is 2.76. The van der Waals surface area contributed by atoms with E-state index in [0.717, 1.165) is 12.3 Å². The zero-order valence-corrected chi connectivity index (χ0v) is 6.25. The van der Waals surface area contributed by atoms with Crippen molar-refractivity contribution in [1.29, 1.82) is 0 Å². The van der Waals surface area contributed by atoms with Gasteiger partial charge in [-0.1, -0.05) is 6.42 Å². The smallest absolute Gasteiger partial charge is 0.106 e. The maximum atomic E-state index is 5.67. The van der Waals surface area contributed by atoms with Gasteiger partial charge in [0.15, 0.2) is 0 Å². The fraction of sp³-hybridized carbons (Fsp3) is 1.00. The van der Waals surface area contributed by atoms with Gasteiger partial charge < -0.3 is 10.5 Å². The first-order valence-corrected chi connectivity index (χ1v) is 4.27. The minimum Gasteiger partial charge on any atom is -0.360 e. The molecule has 0 radical (unpaired) electrons. The Morgan fingerprint density at radius 2 is 2.00 bits per heavy atom. The average molecular weight is 141 g/mol. The van der Waals surface area contributed by atoms with E-state index in [9.17, 15) is 0 Å². The SMILES string of the molecule is NC1CCC2CCCC2O1. The Morgan fingerprint density at radius 3 is 2.90 bits per heavy atom. The summed E-state index contributed by atoms with van der Waals surface area (Å²) in [6.07, 6.45) is 6.90. The maximum Gasteiger partial charge on any atom is 0.106 e. The van der Waals surface area contributed by atoms with E-state index in [-0.39, 0.29) is 6.23 Å². The van der Waals surface area contributed by atoms with Gasteiger partial charge in [0, 0.05) is 0 Å². The van der Waals surface area contributed by atoms with Crippen molar-refractivity contribution >= 4 is 0 Å². The van der Waals surface area contributed by atoms with Crippen molar-refractivity contribution in [3.63, 3.8) is 0 Å². The predicted molar refractivity (Wildman–Crippen MR) is 39.4 cm³/mol. The Hall–Kier alpha value is -0.0800. The molecule has 1 aliphatic carbocycles. The number of ether oxygens (including phenoxy) is 1. The second kappa shape index (κ2) is 2.51. The van der Waals surface area contributed by atoms with Crippen molar-refractivity contribution in [1.82, 2.24) is 0 Å². The lowest BCUT2D eigenvalue weighted by molar-refractivity contribution is -0.0664. The fourth-order valence-electron chi connectivity index (χ4n) is 2.18. The van der Waals surface area contributed by atoms with Gasteiger partial charge in [-0.25, -0.2) is 0 Å². The van der Waals surface area contributed by atoms with Gasteiger partial charge in [-0.2, -0.15) is 0 Å². The Labute approximate surface area is 61.7 Å². The van der Waals surface area contributed by atoms with Crippen LogP contribution < -0.4 is 5.73 Å². The van der Waals surface area contributed by atoms with Crippen LogP contribution in [0.2, 0.25) is 0 Å². The third kappa shape index (κ3) is 1.06. The highest BCUT2D eigenvalue weighted by Crippen LogP contribution is 2.35. The Bertz CT molecular complexity index is 126. The summed E-state index contributed by atoms with van der Waals surface area (Å²) in [7, 11) is 0. The van der Waals surface area contributed by atoms with Crippen LogP contribution in [-0.2, 0) is 4.74 Å². The highest BCUT2D eigenvalue weighted by atomic mass is 16.5. The van der Waals surface area contributed by atoms with Crippen LogP contribution in [0.3, 0.4) is 0 Å². The highest BCUT2D eigenvalue weighted by Gasteiger charge is 2.33. The van der Waals surface area contributed by atoms with Crippen molar-refractivity contribution in [2.24, 2.45) is 11.7 Å². The molecular formula is C8H15NO. The maximum absolute atomic E-state index is 5.67. The van der Waals surface area contributed by atoms with Gasteiger partial charge in [0.2, 0.25) is 0 Å². The van der Waals surface area contributed by atoms with E-state index in [1.165, 1.54) is 25.7 Å². The Morgan fingerprint density at radius 1 is 1.10 bits per heavy atom. The molecule has 3 atom stereocenters. The second-order valence-corrected chi connectivity index (χ2v) is 3.48. The minimum atomic E-state index is 0.0411. The summed E-state index contributed by atoms with van der Waals surface area (Å²) >= 11 is 0. The summed E-state index contributed by atoms with van der Waals surface area (Å²) in [5, 5.41) is 0. The van der Waals surface area contributed by atoms with E-state index in [1.54, 1.807) is 0 Å². The lowest BCUT2D eigenvalue weighted by atomic mass is 9.96. The number of nitrogens with two attached hydrogens (primary N) is 1. The monoisotopic (exact) mass is 141 g/mol. The lowest BCUT2D eigenvalue weighted by Crippen LogP contribution is -2.36. The average Bonchev–Trinajstić information content (AvgIpc) is 2.33. The van der Waals surface area contributed by atoms with Crippen LogP contribution in [0.1, 0.15) is 32.1 Å². The van der Waals surface area contributed by atoms with Crippen molar-refractivity contribution in [2.45, 2.75) is 44.4 Å². The second-order valence-electron chi connectivity index (χ2n) is 3.48. The first kappa shape index (κ1) is 6.62. The number of hydrogen-bond donors (Lipinski definition) is 1. The highest BCUT2D eigenvalue weighted by molar-refractivity contribution is 4.82. The molecule has 1 saturated carbocycles. The molecule has 2 N–H and O–H groups in total. The molecule has 2 aliphatic rings. The molecule has 1 saturated heterocycles. The molecule has 0 amide bonds. The van der Waals surface area contributed by atoms with Crippen LogP contribution in [0.4, 0.5) is 0 Å². The minimum absolute atomic E-state index is 0.0411. The summed E-state index contributed by atoms with van der Waals surface area (Å²) in [6.45, 7) is 0. The largest absolute Gasteiger partial charge is 0.360 e. The molecule has 0 bridgehead atoms. The van der Waals surface area contributed by atoms with Crippen molar-refractivity contribution in [3.8, 4) is 0 Å². The van der Waals surface area contributed by atoms with Crippen LogP contribution >= 0.6 is 0 Å². The summed E-state index contributed by atoms with van der Waals surface area (Å²) in [4.78, 5) is 0. The van der Waals surface area contributed by atoms with Crippen LogP contribution in [0.25, 0.3) is 0 Å². The molecule has 1 aliphatic heterocycles. The zero-order valence-electron chi connectivity index (χ0n) is 6.25. The van der Waals surface area contributed by atoms with Crippen LogP contribution in [0, 0.1) is 5.92 Å². The van der Waals surface area contributed by atoms with Crippen molar-refractivity contribution in [2.75, 3.05) is 0 Å². The van der Waals surface area contributed by atoms with E-state index in [4.69, 9.17) is 10.5 Å². The normalized spacial score (nSPS) is 47.1. The Kier molecular flexibility index (Phi) is 1.66. The molecule has 0 aromatic heterocycles. The van der Waals surface area contributed by atoms with Gasteiger partial charge in [0.25, 0.3) is 0 Å². The quantitative estimate of drug-likeness (QED) is 0.551. The van der Waals surface area contributed by atoms with Gasteiger partial charge >= 0.3 is 0 Å². The molecule has 2 fully saturated rings. The van der Waals surface area contributed by atoms with Gasteiger partial charge in [0.05, 0.1) is 6.10 Å². The van der Waals surface area contributed by atoms with E-state index in [2.05, 4.69) is 0 Å². The fourth-order valence-corrected chi connectivity index (χ4v) is 2.18. The Balaban J connectivity index is 1.96.